The number of likely N-dealkylation sites (tertiary alicyclic amines) is 1. The average Bonchev–Trinajstić information content (AvgIpc) is 3.12. The second kappa shape index (κ2) is 7.69. The zero-order chi connectivity index (χ0) is 20.5. The molecule has 28 heavy (non-hydrogen) atoms. The minimum atomic E-state index is -4.72. The van der Waals surface area contributed by atoms with Gasteiger partial charge in [-0.2, -0.15) is 13.2 Å². The highest BCUT2D eigenvalue weighted by atomic mass is 19.4. The predicted octanol–water partition coefficient (Wildman–Crippen LogP) is 1.87. The van der Waals surface area contributed by atoms with Crippen molar-refractivity contribution in [1.82, 2.24) is 10.2 Å². The van der Waals surface area contributed by atoms with Gasteiger partial charge in [0.1, 0.15) is 0 Å². The normalized spacial score (nSPS) is 22.0. The van der Waals surface area contributed by atoms with Gasteiger partial charge in [-0.05, 0) is 24.5 Å². The van der Waals surface area contributed by atoms with Gasteiger partial charge in [0.05, 0.1) is 18.4 Å². The number of aryl methyl sites for hydroxylation is 1. The summed E-state index contributed by atoms with van der Waals surface area (Å²) < 4.78 is 39.1. The summed E-state index contributed by atoms with van der Waals surface area (Å²) in [6.07, 6.45) is -3.10. The van der Waals surface area contributed by atoms with Crippen LogP contribution in [0.2, 0.25) is 0 Å². The van der Waals surface area contributed by atoms with E-state index in [0.29, 0.717) is 6.54 Å². The molecule has 1 aromatic carbocycles. The number of benzene rings is 1. The predicted molar refractivity (Wildman–Crippen MR) is 92.8 cm³/mol. The Kier molecular flexibility index (Phi) is 5.48. The molecule has 0 saturated carbocycles. The third kappa shape index (κ3) is 4.05. The van der Waals surface area contributed by atoms with Crippen molar-refractivity contribution in [2.24, 2.45) is 11.8 Å². The second-order valence-electron chi connectivity index (χ2n) is 6.93. The maximum absolute atomic E-state index is 13.0. The number of fused-ring (bicyclic) bond motifs is 1. The van der Waals surface area contributed by atoms with Crippen LogP contribution in [0.3, 0.4) is 0 Å². The number of carboxylic acids is 1. The number of carboxylic acid groups (broad SMARTS) is 1. The molecule has 2 aliphatic heterocycles. The molecular weight excluding hydrogens is 379 g/mol. The Morgan fingerprint density at radius 3 is 2.54 bits per heavy atom. The molecule has 0 radical (unpaired) electrons. The number of hydrogen-bond donors (Lipinski definition) is 2. The van der Waals surface area contributed by atoms with E-state index in [2.05, 4.69) is 5.32 Å². The summed E-state index contributed by atoms with van der Waals surface area (Å²) in [4.78, 5) is 38.1. The van der Waals surface area contributed by atoms with Gasteiger partial charge in [0, 0.05) is 25.3 Å². The number of nitrogens with one attached hydrogen (secondary N) is 1. The van der Waals surface area contributed by atoms with Crippen LogP contribution in [-0.4, -0.2) is 60.3 Å². The summed E-state index contributed by atoms with van der Waals surface area (Å²) in [5, 5.41) is 11.3. The molecule has 7 nitrogen and oxygen atoms in total. The third-order valence-electron chi connectivity index (χ3n) is 5.15. The standard InChI is InChI=1S/C18H20F3N3O4/c19-18(20,21)13-10-23(9-12(13)16(26)27)17(28)22-8-15(25)24-7-3-5-11-4-1-2-6-14(11)24/h1-2,4,6,12-13H,3,5,7-10H2,(H,22,28)(H,26,27)/t12-,13-/m1/s1. The summed E-state index contributed by atoms with van der Waals surface area (Å²) in [5.41, 5.74) is 1.78. The van der Waals surface area contributed by atoms with Crippen molar-refractivity contribution >= 4 is 23.6 Å². The quantitative estimate of drug-likeness (QED) is 0.812. The molecule has 0 aromatic heterocycles. The molecule has 1 aromatic rings. The van der Waals surface area contributed by atoms with Crippen LogP contribution in [0.1, 0.15) is 12.0 Å². The lowest BCUT2D eigenvalue weighted by molar-refractivity contribution is -0.187. The van der Waals surface area contributed by atoms with E-state index in [-0.39, 0.29) is 12.5 Å². The molecule has 0 unspecified atom stereocenters. The van der Waals surface area contributed by atoms with E-state index in [9.17, 15) is 27.6 Å². The third-order valence-corrected chi connectivity index (χ3v) is 5.15. The first kappa shape index (κ1) is 20.0. The zero-order valence-corrected chi connectivity index (χ0v) is 14.9. The molecule has 2 aliphatic rings. The highest BCUT2D eigenvalue weighted by Gasteiger charge is 2.53. The van der Waals surface area contributed by atoms with Crippen LogP contribution in [0.4, 0.5) is 23.7 Å². The van der Waals surface area contributed by atoms with Gasteiger partial charge in [0.25, 0.3) is 0 Å². The number of anilines is 1. The van der Waals surface area contributed by atoms with Crippen molar-refractivity contribution in [1.29, 1.82) is 0 Å². The van der Waals surface area contributed by atoms with Gasteiger partial charge in [-0.1, -0.05) is 18.2 Å². The molecule has 1 saturated heterocycles. The Morgan fingerprint density at radius 1 is 1.18 bits per heavy atom. The van der Waals surface area contributed by atoms with Gasteiger partial charge < -0.3 is 20.2 Å². The van der Waals surface area contributed by atoms with Crippen molar-refractivity contribution in [2.45, 2.75) is 19.0 Å². The van der Waals surface area contributed by atoms with E-state index in [0.717, 1.165) is 29.0 Å². The molecule has 10 heteroatoms. The monoisotopic (exact) mass is 399 g/mol. The number of aliphatic carboxylic acids is 1. The topological polar surface area (TPSA) is 90.0 Å². The van der Waals surface area contributed by atoms with Gasteiger partial charge in [-0.25, -0.2) is 4.79 Å². The molecule has 2 heterocycles. The van der Waals surface area contributed by atoms with Crippen LogP contribution in [0.5, 0.6) is 0 Å². The van der Waals surface area contributed by atoms with Crippen LogP contribution < -0.4 is 10.2 Å². The van der Waals surface area contributed by atoms with E-state index in [1.807, 2.05) is 12.1 Å². The van der Waals surface area contributed by atoms with Gasteiger partial charge >= 0.3 is 18.2 Å². The maximum Gasteiger partial charge on any atom is 0.394 e. The average molecular weight is 399 g/mol. The lowest BCUT2D eigenvalue weighted by Crippen LogP contribution is -2.46. The Hall–Kier alpha value is -2.78. The number of carbonyl (C=O) groups is 3. The molecule has 0 spiro atoms. The lowest BCUT2D eigenvalue weighted by atomic mass is 9.96. The molecule has 2 atom stereocenters. The molecule has 1 fully saturated rings. The Morgan fingerprint density at radius 2 is 1.89 bits per heavy atom. The minimum Gasteiger partial charge on any atom is -0.481 e. The van der Waals surface area contributed by atoms with E-state index in [4.69, 9.17) is 5.11 Å². The van der Waals surface area contributed by atoms with E-state index in [1.165, 1.54) is 0 Å². The number of carbonyl (C=O) groups excluding carboxylic acids is 2. The fourth-order valence-corrected chi connectivity index (χ4v) is 3.70. The number of hydrogen-bond acceptors (Lipinski definition) is 3. The van der Waals surface area contributed by atoms with Gasteiger partial charge in [0.15, 0.2) is 0 Å². The summed E-state index contributed by atoms with van der Waals surface area (Å²) in [6, 6.07) is 6.52. The summed E-state index contributed by atoms with van der Waals surface area (Å²) in [5.74, 6) is -5.81. The molecule has 3 rings (SSSR count). The molecule has 3 amide bonds. The number of nitrogens with zero attached hydrogens (tertiary/aromatic N) is 2. The Labute approximate surface area is 159 Å². The van der Waals surface area contributed by atoms with Crippen LogP contribution in [-0.2, 0) is 16.0 Å². The maximum atomic E-state index is 13.0. The molecule has 0 bridgehead atoms. The van der Waals surface area contributed by atoms with Crippen molar-refractivity contribution in [3.63, 3.8) is 0 Å². The van der Waals surface area contributed by atoms with Crippen molar-refractivity contribution in [3.05, 3.63) is 29.8 Å². The van der Waals surface area contributed by atoms with Gasteiger partial charge in [0.2, 0.25) is 5.91 Å². The van der Waals surface area contributed by atoms with Crippen LogP contribution in [0, 0.1) is 11.8 Å². The van der Waals surface area contributed by atoms with Crippen LogP contribution in [0.25, 0.3) is 0 Å². The Bertz CT molecular complexity index is 784. The van der Waals surface area contributed by atoms with Crippen molar-refractivity contribution in [2.75, 3.05) is 31.1 Å². The van der Waals surface area contributed by atoms with Crippen LogP contribution >= 0.6 is 0 Å². The lowest BCUT2D eigenvalue weighted by Gasteiger charge is -2.29. The second-order valence-corrected chi connectivity index (χ2v) is 6.93. The number of amides is 3. The number of para-hydroxylation sites is 1. The van der Waals surface area contributed by atoms with Crippen LogP contribution in [0.15, 0.2) is 24.3 Å². The highest BCUT2D eigenvalue weighted by Crippen LogP contribution is 2.37. The zero-order valence-electron chi connectivity index (χ0n) is 14.9. The number of alkyl halides is 3. The minimum absolute atomic E-state index is 0.373. The van der Waals surface area contributed by atoms with Gasteiger partial charge in [-0.15, -0.1) is 0 Å². The van der Waals surface area contributed by atoms with Crippen molar-refractivity contribution < 1.29 is 32.7 Å². The summed E-state index contributed by atoms with van der Waals surface area (Å²) >= 11 is 0. The number of urea groups is 1. The van der Waals surface area contributed by atoms with Crippen molar-refractivity contribution in [3.8, 4) is 0 Å². The first-order valence-corrected chi connectivity index (χ1v) is 8.89. The smallest absolute Gasteiger partial charge is 0.394 e. The SMILES string of the molecule is O=C(O)[C@@H]1CN(C(=O)NCC(=O)N2CCCc3ccccc32)C[C@H]1C(F)(F)F. The molecular formula is C18H20F3N3O4. The largest absolute Gasteiger partial charge is 0.481 e. The van der Waals surface area contributed by atoms with E-state index < -0.39 is 43.1 Å². The summed E-state index contributed by atoms with van der Waals surface area (Å²) in [6.45, 7) is -1.18. The Balaban J connectivity index is 1.60. The summed E-state index contributed by atoms with van der Waals surface area (Å²) in [7, 11) is 0. The fourth-order valence-electron chi connectivity index (χ4n) is 3.70. The first-order chi connectivity index (χ1) is 13.2. The molecule has 2 N–H and O–H groups in total. The molecule has 0 aliphatic carbocycles. The highest BCUT2D eigenvalue weighted by molar-refractivity contribution is 5.97. The van der Waals surface area contributed by atoms with E-state index in [1.54, 1.807) is 17.0 Å². The molecule has 152 valence electrons. The fraction of sp³-hybridized carbons (Fsp3) is 0.500. The first-order valence-electron chi connectivity index (χ1n) is 8.89. The number of rotatable bonds is 3. The van der Waals surface area contributed by atoms with E-state index >= 15 is 0 Å². The number of halogens is 3. The van der Waals surface area contributed by atoms with Gasteiger partial charge in [-0.3, -0.25) is 9.59 Å².